The predicted octanol–water partition coefficient (Wildman–Crippen LogP) is 6.08. The molecule has 0 aliphatic carbocycles. The molecule has 1 fully saturated rings. The van der Waals surface area contributed by atoms with Crippen LogP contribution in [0.2, 0.25) is 0 Å². The van der Waals surface area contributed by atoms with E-state index in [4.69, 9.17) is 23.7 Å². The maximum absolute atomic E-state index is 14.4. The van der Waals surface area contributed by atoms with Crippen LogP contribution >= 0.6 is 0 Å². The van der Waals surface area contributed by atoms with Crippen LogP contribution < -0.4 is 15.0 Å². The number of benzene rings is 3. The summed E-state index contributed by atoms with van der Waals surface area (Å²) < 4.78 is 59.8. The van der Waals surface area contributed by atoms with E-state index < -0.39 is 16.1 Å². The second-order valence-corrected chi connectivity index (χ2v) is 16.8. The molecule has 11 nitrogen and oxygen atoms in total. The van der Waals surface area contributed by atoms with E-state index >= 15 is 0 Å². The van der Waals surface area contributed by atoms with Gasteiger partial charge in [-0.1, -0.05) is 55.0 Å². The molecule has 2 aliphatic heterocycles. The number of nitrogens with zero attached hydrogens (tertiary/aromatic N) is 2. The van der Waals surface area contributed by atoms with E-state index in [-0.39, 0.29) is 35.3 Å². The molecule has 0 radical (unpaired) electrons. The van der Waals surface area contributed by atoms with E-state index in [2.05, 4.69) is 47.5 Å². The van der Waals surface area contributed by atoms with Gasteiger partial charge in [-0.05, 0) is 74.1 Å². The zero-order chi connectivity index (χ0) is 38.7. The van der Waals surface area contributed by atoms with Gasteiger partial charge in [0.05, 0.1) is 49.7 Å². The molecule has 0 aromatic heterocycles. The molecule has 0 saturated carbocycles. The number of aryl methyl sites for hydroxylation is 1. The van der Waals surface area contributed by atoms with Crippen LogP contribution in [0, 0.1) is 12.8 Å². The minimum absolute atomic E-state index is 0.104. The van der Waals surface area contributed by atoms with Gasteiger partial charge in [-0.25, -0.2) is 8.42 Å². The normalized spacial score (nSPS) is 20.2. The minimum atomic E-state index is -3.90. The van der Waals surface area contributed by atoms with Crippen molar-refractivity contribution in [3.05, 3.63) is 89.0 Å². The standard InChI is InChI=1S/C42H59N3O8S/c1-30-8-15-38(16-9-30)54(47,48)45-25-42(53-29-35-12-17-41-40(23-35)44(19-21-52-41)18-7-20-49-5)39(24-37(45)22-32(3)43-33(4)46)36-13-10-34(11-14-36)28-51-27-31(2)26-50-6/h8-17,23,31-32,37,39,42H,7,18-22,24-29H2,1-6H3,(H,43,46)/t31-,32+,37+,39+,42-/m0/s1. The quantitative estimate of drug-likeness (QED) is 0.145. The molecule has 1 saturated heterocycles. The summed E-state index contributed by atoms with van der Waals surface area (Å²) in [5.74, 6) is 0.895. The van der Waals surface area contributed by atoms with Gasteiger partial charge in [0, 0.05) is 64.8 Å². The Kier molecular flexibility index (Phi) is 15.3. The molecule has 0 unspecified atom stereocenters. The summed E-state index contributed by atoms with van der Waals surface area (Å²) in [5.41, 5.74) is 5.13. The van der Waals surface area contributed by atoms with Gasteiger partial charge in [-0.15, -0.1) is 0 Å². The largest absolute Gasteiger partial charge is 0.490 e. The van der Waals surface area contributed by atoms with E-state index in [1.807, 2.05) is 38.1 Å². The third-order valence-corrected chi connectivity index (χ3v) is 12.1. The molecule has 3 aromatic rings. The number of methoxy groups -OCH3 is 2. The van der Waals surface area contributed by atoms with E-state index in [1.54, 1.807) is 30.7 Å². The van der Waals surface area contributed by atoms with Crippen molar-refractivity contribution < 1.29 is 36.9 Å². The first-order valence-electron chi connectivity index (χ1n) is 19.1. The minimum Gasteiger partial charge on any atom is -0.490 e. The second kappa shape index (κ2) is 19.9. The lowest BCUT2D eigenvalue weighted by Gasteiger charge is -2.44. The number of fused-ring (bicyclic) bond motifs is 1. The van der Waals surface area contributed by atoms with Crippen molar-refractivity contribution >= 4 is 21.6 Å². The molecular weight excluding hydrogens is 707 g/mol. The molecule has 2 heterocycles. The van der Waals surface area contributed by atoms with Crippen molar-refractivity contribution in [3.8, 4) is 5.75 Å². The molecule has 0 spiro atoms. The number of amides is 1. The monoisotopic (exact) mass is 765 g/mol. The number of carbonyl (C=O) groups excluding carboxylic acids is 1. The highest BCUT2D eigenvalue weighted by atomic mass is 32.2. The number of rotatable bonds is 19. The van der Waals surface area contributed by atoms with Crippen LogP contribution in [0.15, 0.2) is 71.6 Å². The lowest BCUT2D eigenvalue weighted by atomic mass is 9.82. The highest BCUT2D eigenvalue weighted by Crippen LogP contribution is 2.39. The van der Waals surface area contributed by atoms with Gasteiger partial charge in [-0.3, -0.25) is 4.79 Å². The lowest BCUT2D eigenvalue weighted by Crippen LogP contribution is -2.54. The van der Waals surface area contributed by atoms with Crippen LogP contribution in [0.5, 0.6) is 5.75 Å². The Hall–Kier alpha value is -3.52. The average Bonchev–Trinajstić information content (AvgIpc) is 3.14. The molecule has 2 aliphatic rings. The summed E-state index contributed by atoms with van der Waals surface area (Å²) in [6.45, 7) is 12.6. The molecule has 5 atom stereocenters. The first-order valence-corrected chi connectivity index (χ1v) is 20.5. The zero-order valence-corrected chi connectivity index (χ0v) is 33.6. The Morgan fingerprint density at radius 2 is 1.70 bits per heavy atom. The topological polar surface area (TPSA) is 116 Å². The van der Waals surface area contributed by atoms with Crippen LogP contribution in [-0.2, 0) is 47.0 Å². The van der Waals surface area contributed by atoms with Crippen molar-refractivity contribution in [2.24, 2.45) is 5.92 Å². The first kappa shape index (κ1) is 41.6. The SMILES string of the molecule is COCCCN1CCOc2ccc(CO[C@H]3CN(S(=O)(=O)c4ccc(C)cc4)[C@H](C[C@@H](C)NC(C)=O)C[C@@H]3c3ccc(COC[C@@H](C)COC)cc3)cc21. The lowest BCUT2D eigenvalue weighted by molar-refractivity contribution is -0.119. The van der Waals surface area contributed by atoms with Crippen molar-refractivity contribution in [1.82, 2.24) is 9.62 Å². The van der Waals surface area contributed by atoms with Gasteiger partial charge < -0.3 is 33.9 Å². The molecule has 3 aromatic carbocycles. The summed E-state index contributed by atoms with van der Waals surface area (Å²) in [7, 11) is -0.488. The smallest absolute Gasteiger partial charge is 0.243 e. The highest BCUT2D eigenvalue weighted by Gasteiger charge is 2.43. The third kappa shape index (κ3) is 11.3. The van der Waals surface area contributed by atoms with Gasteiger partial charge in [-0.2, -0.15) is 4.31 Å². The number of piperidine rings is 1. The Bertz CT molecular complexity index is 1740. The number of carbonyl (C=O) groups is 1. The van der Waals surface area contributed by atoms with Gasteiger partial charge in [0.1, 0.15) is 12.4 Å². The maximum atomic E-state index is 14.4. The predicted molar refractivity (Wildman–Crippen MR) is 210 cm³/mol. The van der Waals surface area contributed by atoms with Crippen molar-refractivity contribution in [1.29, 1.82) is 0 Å². The Morgan fingerprint density at radius 1 is 0.963 bits per heavy atom. The summed E-state index contributed by atoms with van der Waals surface area (Å²) in [6, 6.07) is 20.9. The fraction of sp³-hybridized carbons (Fsp3) is 0.548. The first-order chi connectivity index (χ1) is 26.0. The molecule has 5 rings (SSSR count). The highest BCUT2D eigenvalue weighted by molar-refractivity contribution is 7.89. The summed E-state index contributed by atoms with van der Waals surface area (Å²) in [4.78, 5) is 14.6. The van der Waals surface area contributed by atoms with Gasteiger partial charge in [0.2, 0.25) is 15.9 Å². The Morgan fingerprint density at radius 3 is 2.41 bits per heavy atom. The van der Waals surface area contributed by atoms with Crippen molar-refractivity contribution in [2.75, 3.05) is 65.2 Å². The van der Waals surface area contributed by atoms with E-state index in [9.17, 15) is 13.2 Å². The number of sulfonamides is 1. The fourth-order valence-corrected chi connectivity index (χ4v) is 9.18. The number of ether oxygens (including phenoxy) is 5. The number of hydrogen-bond donors (Lipinski definition) is 1. The van der Waals surface area contributed by atoms with Crippen LogP contribution in [0.25, 0.3) is 0 Å². The van der Waals surface area contributed by atoms with Gasteiger partial charge in [0.25, 0.3) is 0 Å². The van der Waals surface area contributed by atoms with E-state index in [1.165, 1.54) is 6.92 Å². The van der Waals surface area contributed by atoms with Crippen LogP contribution in [0.4, 0.5) is 5.69 Å². The Balaban J connectivity index is 1.43. The maximum Gasteiger partial charge on any atom is 0.243 e. The van der Waals surface area contributed by atoms with E-state index in [0.717, 1.165) is 53.2 Å². The Labute approximate surface area is 322 Å². The number of anilines is 1. The summed E-state index contributed by atoms with van der Waals surface area (Å²) >= 11 is 0. The number of nitrogens with one attached hydrogen (secondary N) is 1. The van der Waals surface area contributed by atoms with Crippen LogP contribution in [-0.4, -0.2) is 97.1 Å². The van der Waals surface area contributed by atoms with Crippen LogP contribution in [0.1, 0.15) is 68.2 Å². The zero-order valence-electron chi connectivity index (χ0n) is 32.8. The molecule has 1 N–H and O–H groups in total. The van der Waals surface area contributed by atoms with E-state index in [0.29, 0.717) is 58.4 Å². The third-order valence-electron chi connectivity index (χ3n) is 10.2. The number of hydrogen-bond acceptors (Lipinski definition) is 9. The molecule has 54 heavy (non-hydrogen) atoms. The summed E-state index contributed by atoms with van der Waals surface area (Å²) in [5, 5.41) is 2.97. The van der Waals surface area contributed by atoms with Crippen molar-refractivity contribution in [2.45, 2.75) is 89.2 Å². The van der Waals surface area contributed by atoms with Crippen LogP contribution in [0.3, 0.4) is 0 Å². The van der Waals surface area contributed by atoms with Crippen molar-refractivity contribution in [3.63, 3.8) is 0 Å². The van der Waals surface area contributed by atoms with Gasteiger partial charge in [0.15, 0.2) is 0 Å². The van der Waals surface area contributed by atoms with Gasteiger partial charge >= 0.3 is 0 Å². The molecular formula is C42H59N3O8S. The molecule has 296 valence electrons. The average molecular weight is 766 g/mol. The summed E-state index contributed by atoms with van der Waals surface area (Å²) in [6.07, 6.45) is 1.45. The molecule has 12 heteroatoms. The molecule has 1 amide bonds. The second-order valence-electron chi connectivity index (χ2n) is 14.9. The fourth-order valence-electron chi connectivity index (χ4n) is 7.52. The molecule has 0 bridgehead atoms.